The van der Waals surface area contributed by atoms with E-state index in [1.54, 1.807) is 21.3 Å². The molecule has 0 fully saturated rings. The van der Waals surface area contributed by atoms with Crippen LogP contribution in [0.1, 0.15) is 0 Å². The smallest absolute Gasteiger partial charge is 0.147 e. The van der Waals surface area contributed by atoms with Crippen LogP contribution in [0.4, 0.5) is 39.0 Å². The second-order valence-electron chi connectivity index (χ2n) is 12.1. The molecule has 0 aliphatic carbocycles. The van der Waals surface area contributed by atoms with Gasteiger partial charge in [-0.15, -0.1) is 0 Å². The lowest BCUT2D eigenvalue weighted by Crippen LogP contribution is -2.10. The van der Waals surface area contributed by atoms with Gasteiger partial charge in [0.2, 0.25) is 0 Å². The lowest BCUT2D eigenvalue weighted by Gasteiger charge is -2.26. The number of hydrogen-bond acceptors (Lipinski definition) is 1. The Labute approximate surface area is 282 Å². The summed E-state index contributed by atoms with van der Waals surface area (Å²) in [6.07, 6.45) is 0. The summed E-state index contributed by atoms with van der Waals surface area (Å²) in [4.78, 5) is 1.97. The molecule has 0 atom stereocenters. The number of anilines is 3. The Balaban J connectivity index is 1.29. The Morgan fingerprint density at radius 3 is 1.22 bits per heavy atom. The van der Waals surface area contributed by atoms with Crippen LogP contribution in [0.2, 0.25) is 0 Å². The van der Waals surface area contributed by atoms with Gasteiger partial charge in [0.15, 0.2) is 0 Å². The van der Waals surface area contributed by atoms with E-state index in [1.807, 2.05) is 89.8 Å². The summed E-state index contributed by atoms with van der Waals surface area (Å²) in [5.41, 5.74) is 5.07. The number of nitrogens with zero attached hydrogens (tertiary/aromatic N) is 3. The quantitative estimate of drug-likeness (QED) is 0.167. The van der Waals surface area contributed by atoms with Crippen molar-refractivity contribution < 1.29 is 22.0 Å². The van der Waals surface area contributed by atoms with Gasteiger partial charge in [-0.25, -0.2) is 22.0 Å². The third-order valence-corrected chi connectivity index (χ3v) is 9.21. The van der Waals surface area contributed by atoms with Crippen LogP contribution in [0.15, 0.2) is 146 Å². The maximum atomic E-state index is 15.2. The highest BCUT2D eigenvalue weighted by molar-refractivity contribution is 6.12. The van der Waals surface area contributed by atoms with Crippen molar-refractivity contribution >= 4 is 60.7 Å². The molecule has 0 saturated heterocycles. The third-order valence-electron chi connectivity index (χ3n) is 9.21. The van der Waals surface area contributed by atoms with Gasteiger partial charge in [-0.3, -0.25) is 0 Å². The molecule has 0 saturated carbocycles. The molecule has 0 spiro atoms. The van der Waals surface area contributed by atoms with Crippen LogP contribution >= 0.6 is 0 Å². The SMILES string of the molecule is Fc1ccc(N(c2ccc3c(c2)c2ccccc2n3-c2cc(F)ccc2F)c2ccc3c(c2)c2ccccc2n3-c2cc(F)ccc2F)cc1. The van der Waals surface area contributed by atoms with Crippen molar-refractivity contribution in [2.24, 2.45) is 0 Å². The van der Waals surface area contributed by atoms with Crippen molar-refractivity contribution in [3.05, 3.63) is 175 Å². The van der Waals surface area contributed by atoms with Gasteiger partial charge in [0, 0.05) is 50.7 Å². The molecule has 9 aromatic rings. The normalized spacial score (nSPS) is 11.7. The van der Waals surface area contributed by atoms with E-state index in [1.165, 1.54) is 24.3 Å². The van der Waals surface area contributed by atoms with Gasteiger partial charge in [0.05, 0.1) is 33.4 Å². The predicted molar refractivity (Wildman–Crippen MR) is 190 cm³/mol. The molecule has 0 amide bonds. The largest absolute Gasteiger partial charge is 0.310 e. The molecule has 0 N–H and O–H groups in total. The maximum Gasteiger partial charge on any atom is 0.147 e. The van der Waals surface area contributed by atoms with Gasteiger partial charge >= 0.3 is 0 Å². The fourth-order valence-corrected chi connectivity index (χ4v) is 7.07. The molecule has 2 aromatic heterocycles. The van der Waals surface area contributed by atoms with Gasteiger partial charge in [-0.2, -0.15) is 0 Å². The molecule has 0 radical (unpaired) electrons. The molecule has 242 valence electrons. The summed E-state index contributed by atoms with van der Waals surface area (Å²) in [5.74, 6) is -2.61. The van der Waals surface area contributed by atoms with E-state index in [0.717, 1.165) is 57.2 Å². The van der Waals surface area contributed by atoms with Gasteiger partial charge in [0.25, 0.3) is 0 Å². The molecule has 0 aliphatic heterocycles. The molecular formula is C42H24F5N3. The van der Waals surface area contributed by atoms with Crippen LogP contribution in [0, 0.1) is 29.1 Å². The van der Waals surface area contributed by atoms with E-state index in [9.17, 15) is 13.2 Å². The Morgan fingerprint density at radius 1 is 0.340 bits per heavy atom. The number of rotatable bonds is 5. The first-order valence-electron chi connectivity index (χ1n) is 15.9. The van der Waals surface area contributed by atoms with E-state index < -0.39 is 23.3 Å². The van der Waals surface area contributed by atoms with Crippen LogP contribution < -0.4 is 4.90 Å². The van der Waals surface area contributed by atoms with Crippen molar-refractivity contribution in [2.75, 3.05) is 4.90 Å². The second kappa shape index (κ2) is 11.3. The fraction of sp³-hybridized carbons (Fsp3) is 0. The first-order chi connectivity index (χ1) is 24.4. The molecule has 0 unspecified atom stereocenters. The zero-order valence-corrected chi connectivity index (χ0v) is 26.1. The summed E-state index contributed by atoms with van der Waals surface area (Å²) in [6.45, 7) is 0. The first kappa shape index (κ1) is 29.7. The maximum absolute atomic E-state index is 15.2. The van der Waals surface area contributed by atoms with Crippen LogP contribution in [-0.4, -0.2) is 9.13 Å². The van der Waals surface area contributed by atoms with Crippen molar-refractivity contribution in [3.63, 3.8) is 0 Å². The Morgan fingerprint density at radius 2 is 0.740 bits per heavy atom. The second-order valence-corrected chi connectivity index (χ2v) is 12.1. The highest BCUT2D eigenvalue weighted by atomic mass is 19.1. The zero-order chi connectivity index (χ0) is 34.1. The van der Waals surface area contributed by atoms with Crippen molar-refractivity contribution in [3.8, 4) is 11.4 Å². The molecule has 7 aromatic carbocycles. The summed E-state index contributed by atoms with van der Waals surface area (Å²) in [7, 11) is 0. The highest BCUT2D eigenvalue weighted by Gasteiger charge is 2.21. The number of halogens is 5. The fourth-order valence-electron chi connectivity index (χ4n) is 7.07. The van der Waals surface area contributed by atoms with Crippen LogP contribution in [-0.2, 0) is 0 Å². The number of aromatic nitrogens is 2. The van der Waals surface area contributed by atoms with Crippen LogP contribution in [0.3, 0.4) is 0 Å². The molecule has 8 heteroatoms. The average molecular weight is 666 g/mol. The average Bonchev–Trinajstić information content (AvgIpc) is 3.63. The molecular weight excluding hydrogens is 641 g/mol. The highest BCUT2D eigenvalue weighted by Crippen LogP contribution is 2.42. The van der Waals surface area contributed by atoms with E-state index >= 15 is 8.78 Å². The van der Waals surface area contributed by atoms with E-state index in [4.69, 9.17) is 0 Å². The monoisotopic (exact) mass is 665 g/mol. The number of benzene rings is 7. The minimum atomic E-state index is -0.559. The Bertz CT molecular complexity index is 2610. The van der Waals surface area contributed by atoms with Gasteiger partial charge in [0.1, 0.15) is 29.1 Å². The van der Waals surface area contributed by atoms with E-state index in [2.05, 4.69) is 0 Å². The summed E-state index contributed by atoms with van der Waals surface area (Å²) in [5, 5.41) is 3.27. The molecule has 9 rings (SSSR count). The molecule has 0 aliphatic rings. The minimum Gasteiger partial charge on any atom is -0.310 e. The van der Waals surface area contributed by atoms with E-state index in [0.29, 0.717) is 27.8 Å². The van der Waals surface area contributed by atoms with Gasteiger partial charge < -0.3 is 14.0 Å². The third kappa shape index (κ3) is 4.63. The summed E-state index contributed by atoms with van der Waals surface area (Å²) >= 11 is 0. The summed E-state index contributed by atoms with van der Waals surface area (Å²) < 4.78 is 76.9. The van der Waals surface area contributed by atoms with Crippen molar-refractivity contribution in [2.45, 2.75) is 0 Å². The first-order valence-corrected chi connectivity index (χ1v) is 15.9. The van der Waals surface area contributed by atoms with Crippen LogP contribution in [0.5, 0.6) is 0 Å². The topological polar surface area (TPSA) is 13.1 Å². The summed E-state index contributed by atoms with van der Waals surface area (Å²) in [6, 6.07) is 39.4. The van der Waals surface area contributed by atoms with Crippen LogP contribution in [0.25, 0.3) is 55.0 Å². The lowest BCUT2D eigenvalue weighted by molar-refractivity contribution is 0.595. The number of fused-ring (bicyclic) bond motifs is 6. The lowest BCUT2D eigenvalue weighted by atomic mass is 10.1. The van der Waals surface area contributed by atoms with Gasteiger partial charge in [-0.05, 0) is 97.1 Å². The number of hydrogen-bond donors (Lipinski definition) is 0. The molecule has 2 heterocycles. The zero-order valence-electron chi connectivity index (χ0n) is 26.1. The Kier molecular flexibility index (Phi) is 6.74. The molecule has 0 bridgehead atoms. The molecule has 50 heavy (non-hydrogen) atoms. The standard InChI is InChI=1S/C42H24F5N3/c43-25-9-13-28(14-10-25)48(29-15-19-39-33(23-29)31-5-1-3-7-37(31)49(39)41-21-26(44)11-17-35(41)46)30-16-20-40-34(24-30)32-6-2-4-8-38(32)50(40)42-22-27(45)12-18-36(42)47/h1-24H. The van der Waals surface area contributed by atoms with Gasteiger partial charge in [-0.1, -0.05) is 36.4 Å². The Hall–Kier alpha value is -6.41. The predicted octanol–water partition coefficient (Wildman–Crippen LogP) is 12.0. The minimum absolute atomic E-state index is 0.0934. The van der Waals surface area contributed by atoms with E-state index in [-0.39, 0.29) is 17.2 Å². The molecule has 3 nitrogen and oxygen atoms in total. The van der Waals surface area contributed by atoms with Crippen molar-refractivity contribution in [1.29, 1.82) is 0 Å². The number of para-hydroxylation sites is 2. The van der Waals surface area contributed by atoms with Crippen molar-refractivity contribution in [1.82, 2.24) is 9.13 Å².